The fourth-order valence-corrected chi connectivity index (χ4v) is 3.66. The minimum Gasteiger partial charge on any atom is -0.354 e. The van der Waals surface area contributed by atoms with Gasteiger partial charge in [-0.2, -0.15) is 0 Å². The van der Waals surface area contributed by atoms with Crippen LogP contribution in [-0.4, -0.2) is 47.2 Å². The summed E-state index contributed by atoms with van der Waals surface area (Å²) in [6.45, 7) is 1.52. The van der Waals surface area contributed by atoms with Crippen molar-refractivity contribution in [3.05, 3.63) is 0 Å². The summed E-state index contributed by atoms with van der Waals surface area (Å²) in [4.78, 5) is 3.93. The second-order valence-electron chi connectivity index (χ2n) is 4.64. The first kappa shape index (κ1) is 16.3. The van der Waals surface area contributed by atoms with E-state index in [0.29, 0.717) is 11.7 Å². The summed E-state index contributed by atoms with van der Waals surface area (Å²) in [7, 11) is 0.779. The van der Waals surface area contributed by atoms with Crippen molar-refractivity contribution in [1.29, 1.82) is 0 Å². The molecule has 3 atom stereocenters. The molecule has 0 aromatic heterocycles. The molecule has 0 heterocycles. The highest BCUT2D eigenvalue weighted by atomic mass is 32.2. The van der Waals surface area contributed by atoms with E-state index in [9.17, 15) is 13.0 Å². The maximum absolute atomic E-state index is 12.1. The van der Waals surface area contributed by atoms with Gasteiger partial charge in [0.1, 0.15) is 0 Å². The van der Waals surface area contributed by atoms with Crippen LogP contribution in [0.4, 0.5) is 8.78 Å². The summed E-state index contributed by atoms with van der Waals surface area (Å²) >= 11 is 0. The molecular weight excluding hydrogens is 272 g/mol. The van der Waals surface area contributed by atoms with Crippen molar-refractivity contribution in [3.8, 4) is 0 Å². The van der Waals surface area contributed by atoms with Gasteiger partial charge in [-0.25, -0.2) is 8.78 Å². The fraction of sp³-hybridized carbons (Fsp3) is 0.917. The largest absolute Gasteiger partial charge is 0.354 e. The van der Waals surface area contributed by atoms with Crippen molar-refractivity contribution in [2.45, 2.75) is 50.3 Å². The van der Waals surface area contributed by atoms with Crippen molar-refractivity contribution in [1.82, 2.24) is 10.6 Å². The third kappa shape index (κ3) is 5.84. The zero-order valence-electron chi connectivity index (χ0n) is 11.5. The molecule has 1 aliphatic rings. The molecule has 0 saturated heterocycles. The van der Waals surface area contributed by atoms with E-state index >= 15 is 0 Å². The molecule has 4 nitrogen and oxygen atoms in total. The minimum atomic E-state index is -2.40. The molecule has 3 unspecified atom stereocenters. The Hall–Kier alpha value is -0.720. The summed E-state index contributed by atoms with van der Waals surface area (Å²) in [5.41, 5.74) is 0. The maximum atomic E-state index is 12.1. The Bertz CT molecular complexity index is 326. The molecule has 112 valence electrons. The van der Waals surface area contributed by atoms with Crippen molar-refractivity contribution in [3.63, 3.8) is 0 Å². The van der Waals surface area contributed by atoms with Gasteiger partial charge in [-0.3, -0.25) is 9.20 Å². The van der Waals surface area contributed by atoms with E-state index in [4.69, 9.17) is 0 Å². The summed E-state index contributed by atoms with van der Waals surface area (Å²) in [6, 6.07) is 0.165. The normalized spacial score (nSPS) is 26.3. The van der Waals surface area contributed by atoms with Gasteiger partial charge in [0.25, 0.3) is 6.43 Å². The van der Waals surface area contributed by atoms with E-state index in [0.717, 1.165) is 25.7 Å². The number of hydrogen-bond acceptors (Lipinski definition) is 2. The van der Waals surface area contributed by atoms with Gasteiger partial charge in [0.05, 0.1) is 6.54 Å². The zero-order chi connectivity index (χ0) is 14.3. The number of rotatable bonds is 5. The van der Waals surface area contributed by atoms with Gasteiger partial charge in [0.2, 0.25) is 0 Å². The van der Waals surface area contributed by atoms with Gasteiger partial charge < -0.3 is 10.6 Å². The van der Waals surface area contributed by atoms with Crippen LogP contribution in [0.5, 0.6) is 0 Å². The second kappa shape index (κ2) is 8.45. The molecule has 19 heavy (non-hydrogen) atoms. The van der Waals surface area contributed by atoms with Gasteiger partial charge in [0, 0.05) is 34.9 Å². The summed E-state index contributed by atoms with van der Waals surface area (Å²) in [5, 5.41) is 5.94. The first-order chi connectivity index (χ1) is 9.06. The lowest BCUT2D eigenvalue weighted by Gasteiger charge is -2.30. The van der Waals surface area contributed by atoms with Gasteiger partial charge in [-0.15, -0.1) is 0 Å². The lowest BCUT2D eigenvalue weighted by Crippen LogP contribution is -2.47. The van der Waals surface area contributed by atoms with E-state index in [-0.39, 0.29) is 11.3 Å². The molecule has 1 rings (SSSR count). The Morgan fingerprint density at radius 3 is 2.79 bits per heavy atom. The SMILES string of the molecule is CCS(=O)C1CCCC(NC(=NC)NCC(F)F)C1. The number of nitrogens with zero attached hydrogens (tertiary/aromatic N) is 1. The number of aliphatic imine (C=N–C) groups is 1. The predicted molar refractivity (Wildman–Crippen MR) is 75.2 cm³/mol. The highest BCUT2D eigenvalue weighted by Gasteiger charge is 2.26. The van der Waals surface area contributed by atoms with Crippen molar-refractivity contribution < 1.29 is 13.0 Å². The third-order valence-corrected chi connectivity index (χ3v) is 5.01. The van der Waals surface area contributed by atoms with Crippen LogP contribution < -0.4 is 10.6 Å². The van der Waals surface area contributed by atoms with E-state index in [2.05, 4.69) is 15.6 Å². The van der Waals surface area contributed by atoms with E-state index in [1.54, 1.807) is 7.05 Å². The molecule has 1 saturated carbocycles. The van der Waals surface area contributed by atoms with Crippen LogP contribution in [0.2, 0.25) is 0 Å². The Labute approximate surface area is 115 Å². The van der Waals surface area contributed by atoms with Crippen LogP contribution in [0.1, 0.15) is 32.6 Å². The van der Waals surface area contributed by atoms with E-state index in [1.165, 1.54) is 0 Å². The number of guanidine groups is 1. The molecule has 0 aromatic rings. The number of hydrogen-bond donors (Lipinski definition) is 2. The van der Waals surface area contributed by atoms with Gasteiger partial charge >= 0.3 is 0 Å². The summed E-state index contributed by atoms with van der Waals surface area (Å²) < 4.78 is 36.1. The zero-order valence-corrected chi connectivity index (χ0v) is 12.3. The molecule has 7 heteroatoms. The maximum Gasteiger partial charge on any atom is 0.255 e. The van der Waals surface area contributed by atoms with Crippen LogP contribution >= 0.6 is 0 Å². The molecule has 2 N–H and O–H groups in total. The minimum absolute atomic E-state index is 0.165. The first-order valence-corrected chi connectivity index (χ1v) is 8.07. The Balaban J connectivity index is 2.44. The van der Waals surface area contributed by atoms with Crippen molar-refractivity contribution in [2.24, 2.45) is 4.99 Å². The average molecular weight is 295 g/mol. The molecule has 0 aromatic carbocycles. The van der Waals surface area contributed by atoms with Crippen LogP contribution in [0.25, 0.3) is 0 Å². The fourth-order valence-electron chi connectivity index (χ4n) is 2.31. The van der Waals surface area contributed by atoms with Crippen molar-refractivity contribution >= 4 is 16.8 Å². The molecule has 1 fully saturated rings. The topological polar surface area (TPSA) is 53.5 Å². The summed E-state index contributed by atoms with van der Waals surface area (Å²) in [6.07, 6.45) is 1.38. The Morgan fingerprint density at radius 2 is 2.21 bits per heavy atom. The monoisotopic (exact) mass is 295 g/mol. The van der Waals surface area contributed by atoms with E-state index in [1.807, 2.05) is 6.92 Å². The lowest BCUT2D eigenvalue weighted by molar-refractivity contribution is 0.152. The van der Waals surface area contributed by atoms with Crippen LogP contribution in [0.15, 0.2) is 4.99 Å². The summed E-state index contributed by atoms with van der Waals surface area (Å²) in [5.74, 6) is 1.07. The van der Waals surface area contributed by atoms with E-state index < -0.39 is 23.8 Å². The van der Waals surface area contributed by atoms with Crippen LogP contribution in [0.3, 0.4) is 0 Å². The highest BCUT2D eigenvalue weighted by molar-refractivity contribution is 7.85. The second-order valence-corrected chi connectivity index (χ2v) is 6.65. The van der Waals surface area contributed by atoms with Gasteiger partial charge in [-0.1, -0.05) is 13.3 Å². The number of alkyl halides is 2. The average Bonchev–Trinajstić information content (AvgIpc) is 2.42. The highest BCUT2D eigenvalue weighted by Crippen LogP contribution is 2.22. The standard InChI is InChI=1S/C12H23F2N3OS/c1-3-19(18)10-6-4-5-9(7-10)17-12(15-2)16-8-11(13)14/h9-11H,3-8H2,1-2H3,(H2,15,16,17). The van der Waals surface area contributed by atoms with Crippen LogP contribution in [0, 0.1) is 0 Å². The first-order valence-electron chi connectivity index (χ1n) is 6.69. The Kier molecular flexibility index (Phi) is 7.27. The lowest BCUT2D eigenvalue weighted by atomic mass is 9.95. The molecule has 0 bridgehead atoms. The third-order valence-electron chi connectivity index (χ3n) is 3.27. The number of nitrogens with one attached hydrogen (secondary N) is 2. The molecular formula is C12H23F2N3OS. The Morgan fingerprint density at radius 1 is 1.47 bits per heavy atom. The predicted octanol–water partition coefficient (Wildman–Crippen LogP) is 1.50. The molecule has 0 spiro atoms. The van der Waals surface area contributed by atoms with Crippen molar-refractivity contribution in [2.75, 3.05) is 19.3 Å². The molecule has 0 radical (unpaired) electrons. The molecule has 0 amide bonds. The molecule has 1 aliphatic carbocycles. The molecule has 0 aliphatic heterocycles. The van der Waals surface area contributed by atoms with Gasteiger partial charge in [0.15, 0.2) is 5.96 Å². The number of halogens is 2. The quantitative estimate of drug-likeness (QED) is 0.597. The smallest absolute Gasteiger partial charge is 0.255 e. The van der Waals surface area contributed by atoms with Crippen LogP contribution in [-0.2, 0) is 10.8 Å². The van der Waals surface area contributed by atoms with Gasteiger partial charge in [-0.05, 0) is 19.3 Å².